The van der Waals surface area contributed by atoms with Gasteiger partial charge in [0.25, 0.3) is 0 Å². The molecule has 3 aromatic rings. The van der Waals surface area contributed by atoms with Crippen LogP contribution in [0.25, 0.3) is 11.4 Å². The molecule has 0 saturated carbocycles. The molecule has 2 atom stereocenters. The summed E-state index contributed by atoms with van der Waals surface area (Å²) in [5.74, 6) is 3.35. The van der Waals surface area contributed by atoms with Crippen molar-refractivity contribution in [2.75, 3.05) is 13.0 Å². The minimum atomic E-state index is -4.00. The zero-order valence-corrected chi connectivity index (χ0v) is 28.0. The Kier molecular flexibility index (Phi) is 20.8. The number of halogens is 6. The Morgan fingerprint density at radius 1 is 1.02 bits per heavy atom. The molecule has 0 saturated heterocycles. The maximum atomic E-state index is 10.4. The van der Waals surface area contributed by atoms with Crippen LogP contribution in [0.15, 0.2) is 47.0 Å². The Bertz CT molecular complexity index is 1170. The van der Waals surface area contributed by atoms with Gasteiger partial charge in [0, 0.05) is 24.8 Å². The fraction of sp³-hybridized carbons (Fsp3) is 0.516. The van der Waals surface area contributed by atoms with E-state index < -0.39 is 6.18 Å². The molecule has 1 aromatic heterocycles. The summed E-state index contributed by atoms with van der Waals surface area (Å²) < 4.78 is 42.3. The maximum Gasteiger partial charge on any atom is 0.386 e. The molecule has 43 heavy (non-hydrogen) atoms. The summed E-state index contributed by atoms with van der Waals surface area (Å²) in [5.41, 5.74) is 7.32. The predicted molar refractivity (Wildman–Crippen MR) is 172 cm³/mol. The molecular weight excluding hydrogens is 624 g/mol. The fourth-order valence-electron chi connectivity index (χ4n) is 3.28. The van der Waals surface area contributed by atoms with Gasteiger partial charge in [-0.25, -0.2) is 0 Å². The van der Waals surface area contributed by atoms with Gasteiger partial charge in [-0.15, -0.1) is 11.6 Å². The summed E-state index contributed by atoms with van der Waals surface area (Å²) in [6, 6.07) is 13.5. The van der Waals surface area contributed by atoms with Crippen molar-refractivity contribution in [2.45, 2.75) is 85.2 Å². The van der Waals surface area contributed by atoms with Crippen LogP contribution in [-0.2, 0) is 6.42 Å². The lowest BCUT2D eigenvalue weighted by Gasteiger charge is -2.07. The summed E-state index contributed by atoms with van der Waals surface area (Å²) >= 11 is 16.6. The second kappa shape index (κ2) is 22.1. The molecule has 0 fully saturated rings. The Morgan fingerprint density at radius 2 is 1.63 bits per heavy atom. The van der Waals surface area contributed by atoms with Gasteiger partial charge in [-0.1, -0.05) is 75.0 Å². The zero-order valence-electron chi connectivity index (χ0n) is 25.8. The van der Waals surface area contributed by atoms with E-state index in [4.69, 9.17) is 43.6 Å². The third kappa shape index (κ3) is 18.7. The molecule has 1 heterocycles. The Hall–Kier alpha value is -2.49. The predicted octanol–water partition coefficient (Wildman–Crippen LogP) is 8.92. The van der Waals surface area contributed by atoms with Crippen molar-refractivity contribution < 1.29 is 27.8 Å². The van der Waals surface area contributed by atoms with Crippen LogP contribution < -0.4 is 15.9 Å². The van der Waals surface area contributed by atoms with Gasteiger partial charge in [0.1, 0.15) is 5.75 Å². The van der Waals surface area contributed by atoms with Crippen molar-refractivity contribution in [3.63, 3.8) is 0 Å². The van der Waals surface area contributed by atoms with E-state index in [0.29, 0.717) is 40.1 Å². The quantitative estimate of drug-likeness (QED) is 0.0869. The third-order valence-corrected chi connectivity index (χ3v) is 6.75. The van der Waals surface area contributed by atoms with Gasteiger partial charge in [-0.3, -0.25) is 11.1 Å². The molecule has 0 aliphatic heterocycles. The lowest BCUT2D eigenvalue weighted by atomic mass is 10.0. The number of hydrogen-bond donors (Lipinski definition) is 2. The van der Waals surface area contributed by atoms with Crippen molar-refractivity contribution in [2.24, 2.45) is 11.7 Å². The SMILES string of the molecule is CC(F)(F)F.CCC(C)C(N)=[NH2+].CCCCC(C)c1nc(-c2ccc(OCCCc3ccc(Cl)c(Cl)c3)cc2)no1.CCl. The molecule has 6 nitrogen and oxygen atoms in total. The minimum Gasteiger partial charge on any atom is -0.494 e. The monoisotopic (exact) mass is 667 g/mol. The molecule has 2 aromatic carbocycles. The van der Waals surface area contributed by atoms with Crippen molar-refractivity contribution in [1.82, 2.24) is 10.1 Å². The molecular formula is C31H45Cl3F3N4O2+. The highest BCUT2D eigenvalue weighted by Crippen LogP contribution is 2.25. The summed E-state index contributed by atoms with van der Waals surface area (Å²) in [6.07, 6.45) is 3.67. The average molecular weight is 669 g/mol. The van der Waals surface area contributed by atoms with E-state index in [2.05, 4.69) is 42.5 Å². The molecule has 0 aliphatic rings. The van der Waals surface area contributed by atoms with E-state index in [1.54, 1.807) is 0 Å². The second-order valence-corrected chi connectivity index (χ2v) is 10.6. The summed E-state index contributed by atoms with van der Waals surface area (Å²) in [4.78, 5) is 4.55. The minimum absolute atomic E-state index is 0.188. The van der Waals surface area contributed by atoms with Gasteiger partial charge < -0.3 is 9.26 Å². The van der Waals surface area contributed by atoms with Crippen LogP contribution >= 0.6 is 34.8 Å². The highest BCUT2D eigenvalue weighted by Gasteiger charge is 2.16. The second-order valence-electron chi connectivity index (χ2n) is 9.81. The lowest BCUT2D eigenvalue weighted by molar-refractivity contribution is -0.121. The zero-order chi connectivity index (χ0) is 33.0. The first-order chi connectivity index (χ1) is 20.2. The van der Waals surface area contributed by atoms with Crippen molar-refractivity contribution >= 4 is 40.6 Å². The van der Waals surface area contributed by atoms with Crippen LogP contribution in [0, 0.1) is 5.92 Å². The average Bonchev–Trinajstić information content (AvgIpc) is 3.47. The number of rotatable bonds is 12. The van der Waals surface area contributed by atoms with E-state index in [1.165, 1.54) is 12.8 Å². The van der Waals surface area contributed by atoms with Gasteiger partial charge in [0.15, 0.2) is 0 Å². The fourth-order valence-corrected chi connectivity index (χ4v) is 3.60. The molecule has 242 valence electrons. The van der Waals surface area contributed by atoms with Gasteiger partial charge in [0.2, 0.25) is 17.6 Å². The molecule has 0 spiro atoms. The number of unbranched alkanes of at least 4 members (excludes halogenated alkanes) is 1. The highest BCUT2D eigenvalue weighted by molar-refractivity contribution is 6.42. The number of hydrogen-bond acceptors (Lipinski definition) is 4. The van der Waals surface area contributed by atoms with Crippen LogP contribution in [0.2, 0.25) is 10.0 Å². The Morgan fingerprint density at radius 3 is 2.12 bits per heavy atom. The molecule has 2 unspecified atom stereocenters. The van der Waals surface area contributed by atoms with Crippen LogP contribution in [0.5, 0.6) is 5.75 Å². The summed E-state index contributed by atoms with van der Waals surface area (Å²) in [7, 11) is 0. The number of aromatic nitrogens is 2. The van der Waals surface area contributed by atoms with Gasteiger partial charge in [-0.2, -0.15) is 18.2 Å². The number of aryl methyl sites for hydroxylation is 1. The summed E-state index contributed by atoms with van der Waals surface area (Å²) in [6.45, 7) is 9.19. The highest BCUT2D eigenvalue weighted by atomic mass is 35.5. The number of amidine groups is 1. The third-order valence-electron chi connectivity index (χ3n) is 6.01. The van der Waals surface area contributed by atoms with E-state index in [9.17, 15) is 13.2 Å². The van der Waals surface area contributed by atoms with Gasteiger partial charge in [0.05, 0.1) is 22.6 Å². The van der Waals surface area contributed by atoms with Crippen LogP contribution in [-0.4, -0.2) is 35.1 Å². The van der Waals surface area contributed by atoms with E-state index in [-0.39, 0.29) is 12.8 Å². The Labute approximate surface area is 268 Å². The van der Waals surface area contributed by atoms with Gasteiger partial charge in [-0.05, 0) is 67.6 Å². The molecule has 0 aliphatic carbocycles. The standard InChI is InChI=1S/C23H26Cl2N2O2.C5H12N2.C2H3F3.CH3Cl/c1-3-4-6-16(2)23-26-22(27-29-23)18-9-11-19(12-10-18)28-14-5-7-17-8-13-20(24)21(25)15-17;1-3-4(2)5(6)7;1-2(3,4)5;1-2/h8-13,15-16H,3-7,14H2,1-2H3;4H,3H2,1-2H3,(H3,6,7);1H3;1H3/p+1. The summed E-state index contributed by atoms with van der Waals surface area (Å²) in [5, 5.41) is 10.5. The first-order valence-electron chi connectivity index (χ1n) is 14.1. The van der Waals surface area contributed by atoms with E-state index in [0.717, 1.165) is 49.0 Å². The first-order valence-corrected chi connectivity index (χ1v) is 15.6. The number of alkyl halides is 4. The molecule has 12 heteroatoms. The Balaban J connectivity index is 0.00000105. The molecule has 0 amide bonds. The van der Waals surface area contributed by atoms with Crippen LogP contribution in [0.1, 0.15) is 84.1 Å². The van der Waals surface area contributed by atoms with Crippen molar-refractivity contribution in [3.05, 3.63) is 64.0 Å². The normalized spacial score (nSPS) is 11.9. The number of nitrogens with zero attached hydrogens (tertiary/aromatic N) is 2. The number of nitrogens with two attached hydrogens (primary N) is 2. The molecule has 3 rings (SSSR count). The molecule has 0 bridgehead atoms. The van der Waals surface area contributed by atoms with Crippen LogP contribution in [0.4, 0.5) is 13.2 Å². The van der Waals surface area contributed by atoms with Crippen molar-refractivity contribution in [3.8, 4) is 17.1 Å². The number of ether oxygens (including phenoxy) is 1. The largest absolute Gasteiger partial charge is 0.494 e. The van der Waals surface area contributed by atoms with E-state index >= 15 is 0 Å². The molecule has 0 radical (unpaired) electrons. The molecule has 4 N–H and O–H groups in total. The van der Waals surface area contributed by atoms with Crippen LogP contribution in [0.3, 0.4) is 0 Å². The van der Waals surface area contributed by atoms with E-state index in [1.807, 2.05) is 49.4 Å². The van der Waals surface area contributed by atoms with Gasteiger partial charge >= 0.3 is 6.18 Å². The number of benzene rings is 2. The first kappa shape index (κ1) is 40.5. The maximum absolute atomic E-state index is 10.4. The lowest BCUT2D eigenvalue weighted by Crippen LogP contribution is -2.49. The topological polar surface area (TPSA) is 99.8 Å². The smallest absolute Gasteiger partial charge is 0.386 e. The van der Waals surface area contributed by atoms with Crippen molar-refractivity contribution in [1.29, 1.82) is 0 Å².